The molecule has 0 radical (unpaired) electrons. The Balaban J connectivity index is 2.14. The standard InChI is InChI=1S/C14H15F2N3O/c15-10-1-2-11(12(16)7-10)13(8-17)19-5-3-9(4-6-19)14(18)20/h1-2,7,9,13H,3-6H2,(H2,18,20). The van der Waals surface area contributed by atoms with E-state index < -0.39 is 17.7 Å². The first-order valence-electron chi connectivity index (χ1n) is 6.41. The Morgan fingerprint density at radius 1 is 1.40 bits per heavy atom. The predicted molar refractivity (Wildman–Crippen MR) is 68.2 cm³/mol. The first-order chi connectivity index (χ1) is 9.52. The first kappa shape index (κ1) is 14.4. The molecule has 1 aromatic carbocycles. The number of piperidine rings is 1. The molecule has 1 aliphatic heterocycles. The third kappa shape index (κ3) is 2.94. The molecule has 0 saturated carbocycles. The molecule has 2 rings (SSSR count). The molecule has 1 atom stereocenters. The molecule has 0 aliphatic carbocycles. The van der Waals surface area contributed by atoms with Crippen LogP contribution in [0, 0.1) is 28.9 Å². The Morgan fingerprint density at radius 3 is 2.55 bits per heavy atom. The van der Waals surface area contributed by atoms with Gasteiger partial charge in [-0.1, -0.05) is 6.07 Å². The second-order valence-corrected chi connectivity index (χ2v) is 4.91. The van der Waals surface area contributed by atoms with Crippen molar-refractivity contribution in [3.63, 3.8) is 0 Å². The third-order valence-corrected chi connectivity index (χ3v) is 3.68. The number of nitrogens with zero attached hydrogens (tertiary/aromatic N) is 2. The molecule has 20 heavy (non-hydrogen) atoms. The average molecular weight is 279 g/mol. The molecule has 4 nitrogen and oxygen atoms in total. The van der Waals surface area contributed by atoms with Gasteiger partial charge in [-0.15, -0.1) is 0 Å². The van der Waals surface area contributed by atoms with E-state index in [1.807, 2.05) is 6.07 Å². The molecule has 6 heteroatoms. The Kier molecular flexibility index (Phi) is 4.30. The van der Waals surface area contributed by atoms with Gasteiger partial charge in [0, 0.05) is 30.6 Å². The van der Waals surface area contributed by atoms with Gasteiger partial charge in [0.25, 0.3) is 0 Å². The van der Waals surface area contributed by atoms with Crippen LogP contribution in [-0.2, 0) is 4.79 Å². The van der Waals surface area contributed by atoms with E-state index in [-0.39, 0.29) is 17.4 Å². The van der Waals surface area contributed by atoms with Crippen LogP contribution in [0.5, 0.6) is 0 Å². The zero-order chi connectivity index (χ0) is 14.7. The van der Waals surface area contributed by atoms with Gasteiger partial charge in [0.15, 0.2) is 0 Å². The van der Waals surface area contributed by atoms with Crippen molar-refractivity contribution < 1.29 is 13.6 Å². The maximum absolute atomic E-state index is 13.8. The molecule has 106 valence electrons. The minimum absolute atomic E-state index is 0.159. The van der Waals surface area contributed by atoms with Crippen molar-refractivity contribution >= 4 is 5.91 Å². The summed E-state index contributed by atoms with van der Waals surface area (Å²) in [5.41, 5.74) is 5.41. The van der Waals surface area contributed by atoms with E-state index in [1.54, 1.807) is 4.90 Å². The third-order valence-electron chi connectivity index (χ3n) is 3.68. The molecule has 1 fully saturated rings. The minimum Gasteiger partial charge on any atom is -0.369 e. The number of nitriles is 1. The first-order valence-corrected chi connectivity index (χ1v) is 6.41. The number of hydrogen-bond acceptors (Lipinski definition) is 3. The molecule has 0 aromatic heterocycles. The van der Waals surface area contributed by atoms with Crippen molar-refractivity contribution in [2.24, 2.45) is 11.7 Å². The lowest BCUT2D eigenvalue weighted by Crippen LogP contribution is -2.40. The van der Waals surface area contributed by atoms with Crippen molar-refractivity contribution in [3.8, 4) is 6.07 Å². The monoisotopic (exact) mass is 279 g/mol. The number of rotatable bonds is 3. The molecular weight excluding hydrogens is 264 g/mol. The molecule has 1 heterocycles. The highest BCUT2D eigenvalue weighted by molar-refractivity contribution is 5.76. The smallest absolute Gasteiger partial charge is 0.220 e. The van der Waals surface area contributed by atoms with Crippen LogP contribution >= 0.6 is 0 Å². The maximum Gasteiger partial charge on any atom is 0.220 e. The molecule has 1 saturated heterocycles. The van der Waals surface area contributed by atoms with Gasteiger partial charge in [0.2, 0.25) is 5.91 Å². The Morgan fingerprint density at radius 2 is 2.05 bits per heavy atom. The highest BCUT2D eigenvalue weighted by Crippen LogP contribution is 2.28. The minimum atomic E-state index is -0.774. The molecule has 1 aliphatic rings. The van der Waals surface area contributed by atoms with Gasteiger partial charge in [0.05, 0.1) is 6.07 Å². The van der Waals surface area contributed by atoms with E-state index in [1.165, 1.54) is 6.07 Å². The summed E-state index contributed by atoms with van der Waals surface area (Å²) in [6.45, 7) is 0.977. The zero-order valence-electron chi connectivity index (χ0n) is 10.9. The lowest BCUT2D eigenvalue weighted by molar-refractivity contribution is -0.123. The van der Waals surface area contributed by atoms with Crippen molar-refractivity contribution in [3.05, 3.63) is 35.4 Å². The molecule has 0 bridgehead atoms. The van der Waals surface area contributed by atoms with Crippen LogP contribution in [0.2, 0.25) is 0 Å². The van der Waals surface area contributed by atoms with Gasteiger partial charge in [-0.3, -0.25) is 9.69 Å². The summed E-state index contributed by atoms with van der Waals surface area (Å²) < 4.78 is 26.7. The quantitative estimate of drug-likeness (QED) is 0.916. The van der Waals surface area contributed by atoms with Gasteiger partial charge in [-0.05, 0) is 18.9 Å². The van der Waals surface area contributed by atoms with E-state index in [0.717, 1.165) is 12.1 Å². The van der Waals surface area contributed by atoms with Crippen LogP contribution in [0.3, 0.4) is 0 Å². The SMILES string of the molecule is N#CC(c1ccc(F)cc1F)N1CCC(C(N)=O)CC1. The van der Waals surface area contributed by atoms with Gasteiger partial charge < -0.3 is 5.73 Å². The van der Waals surface area contributed by atoms with E-state index >= 15 is 0 Å². The number of nitrogens with two attached hydrogens (primary N) is 1. The van der Waals surface area contributed by atoms with Gasteiger partial charge in [0.1, 0.15) is 17.7 Å². The number of carbonyl (C=O) groups is 1. The van der Waals surface area contributed by atoms with Gasteiger partial charge >= 0.3 is 0 Å². The topological polar surface area (TPSA) is 70.1 Å². The maximum atomic E-state index is 13.8. The molecular formula is C14H15F2N3O. The van der Waals surface area contributed by atoms with Crippen LogP contribution in [0.1, 0.15) is 24.4 Å². The molecule has 0 spiro atoms. The predicted octanol–water partition coefficient (Wildman–Crippen LogP) is 1.73. The largest absolute Gasteiger partial charge is 0.369 e. The number of benzene rings is 1. The number of hydrogen-bond donors (Lipinski definition) is 1. The second kappa shape index (κ2) is 5.97. The van der Waals surface area contributed by atoms with E-state index in [2.05, 4.69) is 0 Å². The van der Waals surface area contributed by atoms with Gasteiger partial charge in [-0.25, -0.2) is 8.78 Å². The van der Waals surface area contributed by atoms with Crippen molar-refractivity contribution in [1.29, 1.82) is 5.26 Å². The van der Waals surface area contributed by atoms with Crippen molar-refractivity contribution in [2.75, 3.05) is 13.1 Å². The lowest BCUT2D eigenvalue weighted by atomic mass is 9.94. The van der Waals surface area contributed by atoms with Crippen LogP contribution < -0.4 is 5.73 Å². The second-order valence-electron chi connectivity index (χ2n) is 4.91. The summed E-state index contributed by atoms with van der Waals surface area (Å²) in [4.78, 5) is 12.9. The van der Waals surface area contributed by atoms with Crippen molar-refractivity contribution in [2.45, 2.75) is 18.9 Å². The van der Waals surface area contributed by atoms with E-state index in [4.69, 9.17) is 5.73 Å². The number of primary amides is 1. The Hall–Kier alpha value is -2.00. The van der Waals surface area contributed by atoms with Gasteiger partial charge in [-0.2, -0.15) is 5.26 Å². The molecule has 2 N–H and O–H groups in total. The number of carbonyl (C=O) groups excluding carboxylic acids is 1. The Labute approximate surface area is 115 Å². The van der Waals surface area contributed by atoms with Crippen LogP contribution in [0.25, 0.3) is 0 Å². The van der Waals surface area contributed by atoms with E-state index in [0.29, 0.717) is 25.9 Å². The summed E-state index contributed by atoms with van der Waals surface area (Å²) in [5.74, 6) is -1.93. The fourth-order valence-corrected chi connectivity index (χ4v) is 2.51. The number of likely N-dealkylation sites (tertiary alicyclic amines) is 1. The summed E-state index contributed by atoms with van der Waals surface area (Å²) in [5, 5.41) is 9.26. The summed E-state index contributed by atoms with van der Waals surface area (Å²) in [7, 11) is 0. The number of halogens is 2. The normalized spacial score (nSPS) is 18.4. The average Bonchev–Trinajstić information content (AvgIpc) is 2.42. The zero-order valence-corrected chi connectivity index (χ0v) is 10.9. The van der Waals surface area contributed by atoms with Crippen LogP contribution in [0.4, 0.5) is 8.78 Å². The van der Waals surface area contributed by atoms with Crippen LogP contribution in [-0.4, -0.2) is 23.9 Å². The van der Waals surface area contributed by atoms with E-state index in [9.17, 15) is 18.8 Å². The summed E-state index contributed by atoms with van der Waals surface area (Å²) in [6, 6.07) is 4.47. The fraction of sp³-hybridized carbons (Fsp3) is 0.429. The van der Waals surface area contributed by atoms with Crippen molar-refractivity contribution in [1.82, 2.24) is 4.90 Å². The summed E-state index contributed by atoms with van der Waals surface area (Å²) >= 11 is 0. The fourth-order valence-electron chi connectivity index (χ4n) is 2.51. The number of amides is 1. The molecule has 1 aromatic rings. The molecule has 1 unspecified atom stereocenters. The summed E-state index contributed by atoms with van der Waals surface area (Å²) in [6.07, 6.45) is 1.10. The highest BCUT2D eigenvalue weighted by atomic mass is 19.1. The Bertz CT molecular complexity index is 548. The van der Waals surface area contributed by atoms with Crippen LogP contribution in [0.15, 0.2) is 18.2 Å². The highest BCUT2D eigenvalue weighted by Gasteiger charge is 2.29. The molecule has 1 amide bonds. The lowest BCUT2D eigenvalue weighted by Gasteiger charge is -2.33.